The first kappa shape index (κ1) is 23.0. The molecule has 0 amide bonds. The minimum absolute atomic E-state index is 0.0159. The quantitative estimate of drug-likeness (QED) is 0.348. The van der Waals surface area contributed by atoms with Crippen molar-refractivity contribution in [1.29, 1.82) is 0 Å². The Morgan fingerprint density at radius 3 is 2.53 bits per heavy atom. The molecular weight excluding hydrogens is 540 g/mol. The zero-order chi connectivity index (χ0) is 22.9. The van der Waals surface area contributed by atoms with Gasteiger partial charge < -0.3 is 4.42 Å². The van der Waals surface area contributed by atoms with E-state index >= 15 is 0 Å². The Morgan fingerprint density at radius 1 is 1.06 bits per heavy atom. The maximum atomic E-state index is 13.5. The lowest BCUT2D eigenvalue weighted by molar-refractivity contribution is 0.453. The van der Waals surface area contributed by atoms with Gasteiger partial charge in [-0.2, -0.15) is 0 Å². The molecule has 4 rings (SSSR count). The molecule has 2 N–H and O–H groups in total. The number of benzene rings is 2. The number of aryl methyl sites for hydroxylation is 1. The van der Waals surface area contributed by atoms with Gasteiger partial charge in [-0.25, -0.2) is 27.0 Å². The molecule has 168 valence electrons. The second-order valence-corrected chi connectivity index (χ2v) is 12.8. The molecule has 0 saturated heterocycles. The molecule has 9 nitrogen and oxygen atoms in total. The number of halogens is 1. The highest BCUT2D eigenvalue weighted by atomic mass is 79.9. The highest BCUT2D eigenvalue weighted by Crippen LogP contribution is 2.37. The van der Waals surface area contributed by atoms with Crippen molar-refractivity contribution in [1.82, 2.24) is 15.2 Å². The van der Waals surface area contributed by atoms with Crippen LogP contribution in [0.15, 0.2) is 57.4 Å². The van der Waals surface area contributed by atoms with Crippen molar-refractivity contribution in [2.24, 2.45) is 5.14 Å². The summed E-state index contributed by atoms with van der Waals surface area (Å²) in [6.07, 6.45) is -0.121. The lowest BCUT2D eigenvalue weighted by Crippen LogP contribution is -2.18. The Balaban J connectivity index is 1.76. The van der Waals surface area contributed by atoms with Crippen molar-refractivity contribution in [3.8, 4) is 0 Å². The normalized spacial score (nSPS) is 13.4. The molecule has 2 aromatic carbocycles. The smallest absolute Gasteiger partial charge is 0.241 e. The summed E-state index contributed by atoms with van der Waals surface area (Å²) in [6.45, 7) is 0. The second kappa shape index (κ2) is 8.98. The van der Waals surface area contributed by atoms with Crippen LogP contribution in [0.4, 0.5) is 0 Å². The topological polar surface area (TPSA) is 146 Å². The summed E-state index contributed by atoms with van der Waals surface area (Å²) in [6, 6.07) is 14.2. The van der Waals surface area contributed by atoms with Crippen LogP contribution in [0.2, 0.25) is 0 Å². The number of hydrogen-bond acceptors (Lipinski definition) is 9. The zero-order valence-corrected chi connectivity index (χ0v) is 20.4. The first-order valence-corrected chi connectivity index (χ1v) is 14.3. The minimum Gasteiger partial charge on any atom is -0.423 e. The Kier molecular flexibility index (Phi) is 6.45. The Hall–Kier alpha value is -2.19. The third kappa shape index (κ3) is 5.41. The van der Waals surface area contributed by atoms with E-state index in [1.165, 1.54) is 11.3 Å². The van der Waals surface area contributed by atoms with Gasteiger partial charge in [-0.05, 0) is 23.8 Å². The molecule has 0 aliphatic heterocycles. The zero-order valence-electron chi connectivity index (χ0n) is 16.4. The maximum Gasteiger partial charge on any atom is 0.241 e. The molecule has 0 spiro atoms. The maximum absolute atomic E-state index is 13.5. The summed E-state index contributed by atoms with van der Waals surface area (Å²) in [5.74, 6) is -0.834. The molecule has 0 radical (unpaired) electrons. The van der Waals surface area contributed by atoms with Crippen LogP contribution in [0.1, 0.15) is 27.6 Å². The molecule has 0 aliphatic carbocycles. The highest BCUT2D eigenvalue weighted by Gasteiger charge is 2.37. The molecule has 2 heterocycles. The predicted molar refractivity (Wildman–Crippen MR) is 124 cm³/mol. The molecule has 0 saturated carbocycles. The summed E-state index contributed by atoms with van der Waals surface area (Å²) >= 11 is 4.62. The second-order valence-electron chi connectivity index (χ2n) is 6.99. The van der Waals surface area contributed by atoms with Crippen molar-refractivity contribution in [3.63, 3.8) is 0 Å². The van der Waals surface area contributed by atoms with E-state index in [1.54, 1.807) is 36.4 Å². The van der Waals surface area contributed by atoms with Crippen LogP contribution < -0.4 is 5.14 Å². The average molecular weight is 557 g/mol. The molecule has 1 unspecified atom stereocenters. The van der Waals surface area contributed by atoms with Crippen LogP contribution in [0.3, 0.4) is 0 Å². The fraction of sp³-hybridized carbons (Fsp3) is 0.211. The number of primary sulfonamides is 1. The van der Waals surface area contributed by atoms with Gasteiger partial charge in [0, 0.05) is 10.9 Å². The minimum atomic E-state index is -3.87. The van der Waals surface area contributed by atoms with Crippen molar-refractivity contribution < 1.29 is 21.3 Å². The Labute approximate surface area is 196 Å². The van der Waals surface area contributed by atoms with Gasteiger partial charge in [0.2, 0.25) is 21.8 Å². The summed E-state index contributed by atoms with van der Waals surface area (Å²) in [5, 5.41) is 11.8. The van der Waals surface area contributed by atoms with Gasteiger partial charge >= 0.3 is 0 Å². The van der Waals surface area contributed by atoms with Gasteiger partial charge in [-0.15, -0.1) is 21.5 Å². The van der Waals surface area contributed by atoms with Crippen molar-refractivity contribution >= 4 is 57.3 Å². The third-order valence-electron chi connectivity index (χ3n) is 4.47. The number of nitrogens with zero attached hydrogens (tertiary/aromatic N) is 3. The van der Waals surface area contributed by atoms with Gasteiger partial charge in [-0.3, -0.25) is 0 Å². The van der Waals surface area contributed by atoms with Gasteiger partial charge in [0.15, 0.2) is 15.1 Å². The van der Waals surface area contributed by atoms with Crippen LogP contribution in [0.25, 0.3) is 10.2 Å². The van der Waals surface area contributed by atoms with E-state index in [2.05, 4.69) is 31.1 Å². The van der Waals surface area contributed by atoms with Gasteiger partial charge in [0.25, 0.3) is 0 Å². The molecular formula is C19H17BrN4O5S3. The van der Waals surface area contributed by atoms with Crippen LogP contribution >= 0.6 is 27.3 Å². The number of aromatic nitrogens is 3. The lowest BCUT2D eigenvalue weighted by Gasteiger charge is -2.12. The summed E-state index contributed by atoms with van der Waals surface area (Å²) in [7, 11) is -7.61. The van der Waals surface area contributed by atoms with E-state index in [-0.39, 0.29) is 29.0 Å². The summed E-state index contributed by atoms with van der Waals surface area (Å²) < 4.78 is 56.7. The Bertz CT molecular complexity index is 1470. The van der Waals surface area contributed by atoms with E-state index in [0.29, 0.717) is 11.1 Å². The molecule has 1 atom stereocenters. The summed E-state index contributed by atoms with van der Waals surface area (Å²) in [5.41, 5.74) is 1.25. The van der Waals surface area contributed by atoms with Gasteiger partial charge in [-0.1, -0.05) is 46.3 Å². The number of fused-ring (bicyclic) bond motifs is 1. The predicted octanol–water partition coefficient (Wildman–Crippen LogP) is 2.98. The van der Waals surface area contributed by atoms with Crippen molar-refractivity contribution in [3.05, 3.63) is 75.4 Å². The van der Waals surface area contributed by atoms with E-state index in [0.717, 1.165) is 9.17 Å². The van der Waals surface area contributed by atoms with E-state index < -0.39 is 30.9 Å². The highest BCUT2D eigenvalue weighted by molar-refractivity contribution is 9.10. The standard InChI is InChI=1S/C19H17BrN4O5S3/c20-13-6-7-14-15(10-13)30-19(22-14)17(31(25,26)11-12-4-2-1-3-5-12)18-24-23-16(29-18)8-9-32(21,27)28/h1-7,10,17H,8-9,11H2,(H2,21,27,28). The largest absolute Gasteiger partial charge is 0.423 e. The monoisotopic (exact) mass is 556 g/mol. The number of sulfone groups is 1. The fourth-order valence-corrected chi connectivity index (χ4v) is 7.16. The fourth-order valence-electron chi connectivity index (χ4n) is 3.03. The third-order valence-corrected chi connectivity index (χ3v) is 8.85. The molecule has 0 aliphatic rings. The molecule has 13 heteroatoms. The van der Waals surface area contributed by atoms with E-state index in [9.17, 15) is 16.8 Å². The van der Waals surface area contributed by atoms with Crippen LogP contribution in [0.5, 0.6) is 0 Å². The SMILES string of the molecule is NS(=O)(=O)CCc1nnc(C(c2nc3ccc(Br)cc3s2)S(=O)(=O)Cc2ccccc2)o1. The lowest BCUT2D eigenvalue weighted by atomic mass is 10.2. The van der Waals surface area contributed by atoms with Crippen LogP contribution in [0, 0.1) is 0 Å². The van der Waals surface area contributed by atoms with Crippen LogP contribution in [-0.2, 0) is 32.0 Å². The van der Waals surface area contributed by atoms with E-state index in [4.69, 9.17) is 9.56 Å². The van der Waals surface area contributed by atoms with Gasteiger partial charge in [0.1, 0.15) is 5.01 Å². The van der Waals surface area contributed by atoms with Crippen molar-refractivity contribution in [2.45, 2.75) is 17.4 Å². The number of nitrogens with two attached hydrogens (primary N) is 1. The molecule has 32 heavy (non-hydrogen) atoms. The van der Waals surface area contributed by atoms with E-state index in [1.807, 2.05) is 12.1 Å². The summed E-state index contributed by atoms with van der Waals surface area (Å²) in [4.78, 5) is 4.51. The average Bonchev–Trinajstić information content (AvgIpc) is 3.33. The first-order valence-electron chi connectivity index (χ1n) is 9.25. The molecule has 4 aromatic rings. The molecule has 2 aromatic heterocycles. The van der Waals surface area contributed by atoms with Gasteiger partial charge in [0.05, 0.1) is 21.7 Å². The number of rotatable bonds is 8. The first-order chi connectivity index (χ1) is 15.1. The molecule has 0 fully saturated rings. The number of thiazole rings is 1. The number of hydrogen-bond donors (Lipinski definition) is 1. The van der Waals surface area contributed by atoms with Crippen molar-refractivity contribution in [2.75, 3.05) is 5.75 Å². The molecule has 0 bridgehead atoms. The Morgan fingerprint density at radius 2 is 1.81 bits per heavy atom. The number of sulfonamides is 1. The van der Waals surface area contributed by atoms with Crippen LogP contribution in [-0.4, -0.2) is 37.8 Å².